The van der Waals surface area contributed by atoms with Gasteiger partial charge in [-0.3, -0.25) is 4.98 Å². The van der Waals surface area contributed by atoms with Gasteiger partial charge in [0.15, 0.2) is 0 Å². The third-order valence-electron chi connectivity index (χ3n) is 5.04. The van der Waals surface area contributed by atoms with E-state index < -0.39 is 17.8 Å². The topological polar surface area (TPSA) is 34.1 Å². The number of aromatic nitrogens is 1. The standard InChI is InChI=1S/C21H18F4N2O/c22-19-4-2-14(9-17(19)21(24)25)28-15-7-13(8-15)27-11-18-16-5-6-26-10-12(16)1-3-20(18)23/h1-6,9-10,13,15,21,27H,7-8,11H2. The molecule has 1 aromatic heterocycles. The zero-order valence-corrected chi connectivity index (χ0v) is 14.8. The first-order valence-electron chi connectivity index (χ1n) is 9.00. The van der Waals surface area contributed by atoms with Crippen LogP contribution in [0.15, 0.2) is 48.8 Å². The molecule has 0 spiro atoms. The summed E-state index contributed by atoms with van der Waals surface area (Å²) < 4.78 is 58.7. The SMILES string of the molecule is Fc1ccc(OC2CC(NCc3c(F)ccc4cnccc34)C2)cc1C(F)F. The fourth-order valence-corrected chi connectivity index (χ4v) is 3.42. The van der Waals surface area contributed by atoms with Gasteiger partial charge in [-0.2, -0.15) is 0 Å². The van der Waals surface area contributed by atoms with E-state index in [0.29, 0.717) is 24.9 Å². The van der Waals surface area contributed by atoms with Gasteiger partial charge in [-0.25, -0.2) is 17.6 Å². The summed E-state index contributed by atoms with van der Waals surface area (Å²) in [6.07, 6.45) is 1.63. The van der Waals surface area contributed by atoms with Gasteiger partial charge in [0.2, 0.25) is 0 Å². The van der Waals surface area contributed by atoms with Crippen molar-refractivity contribution in [2.75, 3.05) is 0 Å². The Kier molecular flexibility index (Phi) is 5.17. The van der Waals surface area contributed by atoms with Crippen molar-refractivity contribution in [3.63, 3.8) is 0 Å². The van der Waals surface area contributed by atoms with Crippen molar-refractivity contribution in [1.82, 2.24) is 10.3 Å². The number of nitrogens with zero attached hydrogens (tertiary/aromatic N) is 1. The summed E-state index contributed by atoms with van der Waals surface area (Å²) in [4.78, 5) is 4.05. The lowest BCUT2D eigenvalue weighted by Gasteiger charge is -2.36. The van der Waals surface area contributed by atoms with Crippen molar-refractivity contribution < 1.29 is 22.3 Å². The number of rotatable bonds is 6. The Morgan fingerprint density at radius 1 is 1.07 bits per heavy atom. The van der Waals surface area contributed by atoms with Gasteiger partial charge >= 0.3 is 0 Å². The van der Waals surface area contributed by atoms with Crippen LogP contribution in [0.3, 0.4) is 0 Å². The van der Waals surface area contributed by atoms with Crippen molar-refractivity contribution in [3.05, 3.63) is 71.6 Å². The molecule has 146 valence electrons. The highest BCUT2D eigenvalue weighted by molar-refractivity contribution is 5.84. The molecule has 7 heteroatoms. The number of hydrogen-bond donors (Lipinski definition) is 1. The smallest absolute Gasteiger partial charge is 0.266 e. The molecule has 1 fully saturated rings. The molecule has 3 aromatic rings. The summed E-state index contributed by atoms with van der Waals surface area (Å²) in [6, 6.07) is 8.44. The number of alkyl halides is 2. The van der Waals surface area contributed by atoms with Gasteiger partial charge in [-0.15, -0.1) is 0 Å². The third kappa shape index (κ3) is 3.80. The molecular formula is C21H18F4N2O. The molecule has 0 unspecified atom stereocenters. The number of nitrogens with one attached hydrogen (secondary N) is 1. The van der Waals surface area contributed by atoms with Crippen LogP contribution in [0.25, 0.3) is 10.8 Å². The highest BCUT2D eigenvalue weighted by Gasteiger charge is 2.31. The highest BCUT2D eigenvalue weighted by Crippen LogP contribution is 2.31. The number of pyridine rings is 1. The summed E-state index contributed by atoms with van der Waals surface area (Å²) in [6.45, 7) is 0.372. The highest BCUT2D eigenvalue weighted by atomic mass is 19.3. The van der Waals surface area contributed by atoms with Gasteiger partial charge in [-0.1, -0.05) is 0 Å². The Hall–Kier alpha value is -2.67. The molecule has 0 saturated heterocycles. The molecule has 4 rings (SSSR count). The monoisotopic (exact) mass is 390 g/mol. The van der Waals surface area contributed by atoms with Crippen LogP contribution in [-0.2, 0) is 6.54 Å². The molecule has 1 aliphatic rings. The Labute approximate surface area is 159 Å². The molecule has 0 aliphatic heterocycles. The molecule has 0 atom stereocenters. The first-order valence-corrected chi connectivity index (χ1v) is 9.00. The van der Waals surface area contributed by atoms with Crippen LogP contribution in [0.5, 0.6) is 5.75 Å². The molecule has 1 saturated carbocycles. The average molecular weight is 390 g/mol. The van der Waals surface area contributed by atoms with Gasteiger partial charge in [0.1, 0.15) is 23.5 Å². The van der Waals surface area contributed by atoms with E-state index in [-0.39, 0.29) is 23.7 Å². The molecule has 1 heterocycles. The predicted octanol–water partition coefficient (Wildman–Crippen LogP) is 5.15. The minimum Gasteiger partial charge on any atom is -0.490 e. The molecule has 3 nitrogen and oxygen atoms in total. The zero-order chi connectivity index (χ0) is 19.7. The minimum atomic E-state index is -2.88. The normalized spacial score (nSPS) is 19.0. The first-order chi connectivity index (χ1) is 13.5. The zero-order valence-electron chi connectivity index (χ0n) is 14.8. The molecular weight excluding hydrogens is 372 g/mol. The third-order valence-corrected chi connectivity index (χ3v) is 5.04. The number of ether oxygens (including phenoxy) is 1. The lowest BCUT2D eigenvalue weighted by molar-refractivity contribution is 0.0831. The minimum absolute atomic E-state index is 0.136. The second-order valence-electron chi connectivity index (χ2n) is 6.90. The predicted molar refractivity (Wildman–Crippen MR) is 97.3 cm³/mol. The second kappa shape index (κ2) is 7.75. The van der Waals surface area contributed by atoms with Crippen LogP contribution < -0.4 is 10.1 Å². The van der Waals surface area contributed by atoms with Crippen LogP contribution in [-0.4, -0.2) is 17.1 Å². The number of halogens is 4. The van der Waals surface area contributed by atoms with E-state index in [1.165, 1.54) is 12.1 Å². The number of benzene rings is 2. The Bertz CT molecular complexity index is 989. The van der Waals surface area contributed by atoms with Gasteiger partial charge in [0.05, 0.1) is 5.56 Å². The van der Waals surface area contributed by atoms with Crippen molar-refractivity contribution in [1.29, 1.82) is 0 Å². The van der Waals surface area contributed by atoms with Crippen LogP contribution in [0.4, 0.5) is 17.6 Å². The summed E-state index contributed by atoms with van der Waals surface area (Å²) in [5.74, 6) is -0.986. The summed E-state index contributed by atoms with van der Waals surface area (Å²) >= 11 is 0. The van der Waals surface area contributed by atoms with Crippen molar-refractivity contribution in [3.8, 4) is 5.75 Å². The average Bonchev–Trinajstić information content (AvgIpc) is 2.65. The van der Waals surface area contributed by atoms with Gasteiger partial charge < -0.3 is 10.1 Å². The van der Waals surface area contributed by atoms with Gasteiger partial charge in [0.25, 0.3) is 6.43 Å². The maximum absolute atomic E-state index is 14.2. The fraction of sp³-hybridized carbons (Fsp3) is 0.286. The molecule has 0 radical (unpaired) electrons. The summed E-state index contributed by atoms with van der Waals surface area (Å²) in [5, 5.41) is 5.00. The fourth-order valence-electron chi connectivity index (χ4n) is 3.42. The second-order valence-corrected chi connectivity index (χ2v) is 6.90. The Morgan fingerprint density at radius 2 is 1.86 bits per heavy atom. The molecule has 0 amide bonds. The summed E-state index contributed by atoms with van der Waals surface area (Å²) in [5.41, 5.74) is -0.0724. The van der Waals surface area contributed by atoms with Crippen LogP contribution in [0.2, 0.25) is 0 Å². The molecule has 1 aliphatic carbocycles. The summed E-state index contributed by atoms with van der Waals surface area (Å²) in [7, 11) is 0. The van der Waals surface area contributed by atoms with Crippen LogP contribution in [0.1, 0.15) is 30.4 Å². The molecule has 28 heavy (non-hydrogen) atoms. The molecule has 0 bridgehead atoms. The maximum atomic E-state index is 14.2. The van der Waals surface area contributed by atoms with Gasteiger partial charge in [0, 0.05) is 35.9 Å². The lowest BCUT2D eigenvalue weighted by atomic mass is 9.89. The van der Waals surface area contributed by atoms with E-state index in [1.807, 2.05) is 0 Å². The van der Waals surface area contributed by atoms with E-state index in [0.717, 1.165) is 22.9 Å². The van der Waals surface area contributed by atoms with E-state index in [2.05, 4.69) is 10.3 Å². The van der Waals surface area contributed by atoms with Crippen LogP contribution >= 0.6 is 0 Å². The van der Waals surface area contributed by atoms with E-state index in [9.17, 15) is 17.6 Å². The largest absolute Gasteiger partial charge is 0.490 e. The number of fused-ring (bicyclic) bond motifs is 1. The number of hydrogen-bond acceptors (Lipinski definition) is 3. The Balaban J connectivity index is 1.34. The quantitative estimate of drug-likeness (QED) is 0.591. The van der Waals surface area contributed by atoms with Crippen LogP contribution in [0, 0.1) is 11.6 Å². The van der Waals surface area contributed by atoms with Crippen molar-refractivity contribution >= 4 is 10.8 Å². The first kappa shape index (κ1) is 18.7. The molecule has 2 aromatic carbocycles. The maximum Gasteiger partial charge on any atom is 0.266 e. The van der Waals surface area contributed by atoms with E-state index >= 15 is 0 Å². The van der Waals surface area contributed by atoms with E-state index in [1.54, 1.807) is 24.5 Å². The van der Waals surface area contributed by atoms with Crippen molar-refractivity contribution in [2.45, 2.75) is 38.0 Å². The lowest BCUT2D eigenvalue weighted by Crippen LogP contribution is -2.46. The molecule has 1 N–H and O–H groups in total. The Morgan fingerprint density at radius 3 is 2.64 bits per heavy atom. The van der Waals surface area contributed by atoms with Gasteiger partial charge in [-0.05, 0) is 54.6 Å². The van der Waals surface area contributed by atoms with E-state index in [4.69, 9.17) is 4.74 Å². The van der Waals surface area contributed by atoms with Crippen molar-refractivity contribution in [2.24, 2.45) is 0 Å².